The number of rotatable bonds is 5. The predicted molar refractivity (Wildman–Crippen MR) is 120 cm³/mol. The quantitative estimate of drug-likeness (QED) is 0.422. The van der Waals surface area contributed by atoms with E-state index in [0.29, 0.717) is 23.2 Å². The standard InChI is InChI=1S/C24H18F2NO3P/c1-2-30-15-5-3-4-13(8-15)16-10-20(26)19(12-23(16)31)22-11-18(24(28)29)17-9-14(25)6-7-21(17)27-22/h3-12H,2,31H2,1H3,(H,28,29). The van der Waals surface area contributed by atoms with Crippen molar-refractivity contribution in [2.75, 3.05) is 6.61 Å². The molecule has 0 radical (unpaired) electrons. The largest absolute Gasteiger partial charge is 0.494 e. The minimum atomic E-state index is -1.24. The first kappa shape index (κ1) is 20.9. The van der Waals surface area contributed by atoms with E-state index in [1.165, 1.54) is 24.3 Å². The Labute approximate surface area is 179 Å². The van der Waals surface area contributed by atoms with Gasteiger partial charge in [0.2, 0.25) is 0 Å². The molecular formula is C24H18F2NO3P. The lowest BCUT2D eigenvalue weighted by molar-refractivity contribution is 0.0699. The van der Waals surface area contributed by atoms with E-state index in [4.69, 9.17) is 4.74 Å². The topological polar surface area (TPSA) is 59.4 Å². The van der Waals surface area contributed by atoms with Gasteiger partial charge in [0.1, 0.15) is 17.4 Å². The molecule has 0 amide bonds. The number of aromatic nitrogens is 1. The van der Waals surface area contributed by atoms with Crippen molar-refractivity contribution in [2.24, 2.45) is 0 Å². The predicted octanol–water partition coefficient (Wildman–Crippen LogP) is 5.44. The monoisotopic (exact) mass is 437 g/mol. The summed E-state index contributed by atoms with van der Waals surface area (Å²) in [5, 5.41) is 10.4. The fourth-order valence-electron chi connectivity index (χ4n) is 3.47. The summed E-state index contributed by atoms with van der Waals surface area (Å²) >= 11 is 0. The normalized spacial score (nSPS) is 11.0. The Hall–Kier alpha value is -3.37. The average Bonchev–Trinajstić information content (AvgIpc) is 2.74. The van der Waals surface area contributed by atoms with Crippen LogP contribution in [0.3, 0.4) is 0 Å². The van der Waals surface area contributed by atoms with Gasteiger partial charge in [-0.25, -0.2) is 18.6 Å². The summed E-state index contributed by atoms with van der Waals surface area (Å²) in [6.07, 6.45) is 0. The Balaban J connectivity index is 1.85. The number of benzene rings is 3. The third-order valence-corrected chi connectivity index (χ3v) is 5.35. The second-order valence-electron chi connectivity index (χ2n) is 6.90. The summed E-state index contributed by atoms with van der Waals surface area (Å²) in [5.41, 5.74) is 1.90. The van der Waals surface area contributed by atoms with Gasteiger partial charge in [-0.2, -0.15) is 0 Å². The van der Waals surface area contributed by atoms with E-state index in [0.717, 1.165) is 11.6 Å². The van der Waals surface area contributed by atoms with Gasteiger partial charge in [0.05, 0.1) is 23.4 Å². The highest BCUT2D eigenvalue weighted by Gasteiger charge is 2.17. The molecule has 4 rings (SSSR count). The van der Waals surface area contributed by atoms with Gasteiger partial charge in [0, 0.05) is 10.9 Å². The van der Waals surface area contributed by atoms with E-state index in [1.807, 2.05) is 31.2 Å². The third-order valence-electron chi connectivity index (χ3n) is 4.87. The maximum Gasteiger partial charge on any atom is 0.336 e. The van der Waals surface area contributed by atoms with E-state index in [9.17, 15) is 14.3 Å². The average molecular weight is 437 g/mol. The maximum absolute atomic E-state index is 15.2. The number of carboxylic acids is 1. The Morgan fingerprint density at radius 2 is 1.87 bits per heavy atom. The Morgan fingerprint density at radius 3 is 2.61 bits per heavy atom. The summed E-state index contributed by atoms with van der Waals surface area (Å²) in [4.78, 5) is 16.1. The fraction of sp³-hybridized carbons (Fsp3) is 0.0833. The molecule has 4 nitrogen and oxygen atoms in total. The van der Waals surface area contributed by atoms with Crippen LogP contribution in [0.25, 0.3) is 33.3 Å². The first-order valence-electron chi connectivity index (χ1n) is 9.53. The number of pyridine rings is 1. The molecule has 1 atom stereocenters. The van der Waals surface area contributed by atoms with Crippen LogP contribution in [0.4, 0.5) is 8.78 Å². The zero-order valence-corrected chi connectivity index (χ0v) is 17.7. The van der Waals surface area contributed by atoms with Gasteiger partial charge >= 0.3 is 5.97 Å². The number of aromatic carboxylic acids is 1. The third kappa shape index (κ3) is 4.12. The number of carbonyl (C=O) groups is 1. The highest BCUT2D eigenvalue weighted by molar-refractivity contribution is 7.28. The van der Waals surface area contributed by atoms with E-state index >= 15 is 4.39 Å². The number of halogens is 2. The van der Waals surface area contributed by atoms with Crippen LogP contribution in [-0.4, -0.2) is 22.7 Å². The van der Waals surface area contributed by atoms with E-state index in [2.05, 4.69) is 14.2 Å². The van der Waals surface area contributed by atoms with Crippen LogP contribution in [0.15, 0.2) is 60.7 Å². The molecule has 1 aromatic heterocycles. The van der Waals surface area contributed by atoms with Crippen molar-refractivity contribution in [1.29, 1.82) is 0 Å². The van der Waals surface area contributed by atoms with Crippen LogP contribution in [0.5, 0.6) is 5.75 Å². The number of fused-ring (bicyclic) bond motifs is 1. The molecule has 0 aliphatic heterocycles. The molecule has 1 N–H and O–H groups in total. The molecule has 7 heteroatoms. The highest BCUT2D eigenvalue weighted by atomic mass is 31.0. The zero-order valence-electron chi connectivity index (χ0n) is 16.5. The lowest BCUT2D eigenvalue weighted by Gasteiger charge is -2.13. The van der Waals surface area contributed by atoms with Gasteiger partial charge in [-0.15, -0.1) is 9.24 Å². The van der Waals surface area contributed by atoms with E-state index < -0.39 is 17.6 Å². The van der Waals surface area contributed by atoms with E-state index in [1.54, 1.807) is 6.07 Å². The minimum absolute atomic E-state index is 0.141. The lowest BCUT2D eigenvalue weighted by Crippen LogP contribution is -2.04. The Kier molecular flexibility index (Phi) is 5.66. The summed E-state index contributed by atoms with van der Waals surface area (Å²) in [7, 11) is 2.57. The fourth-order valence-corrected chi connectivity index (χ4v) is 3.89. The number of nitrogens with zero attached hydrogens (tertiary/aromatic N) is 1. The number of carboxylic acid groups (broad SMARTS) is 1. The van der Waals surface area contributed by atoms with Crippen LogP contribution in [0, 0.1) is 11.6 Å². The van der Waals surface area contributed by atoms with Crippen molar-refractivity contribution in [1.82, 2.24) is 4.98 Å². The first-order chi connectivity index (χ1) is 14.9. The van der Waals surface area contributed by atoms with Crippen molar-refractivity contribution in [3.63, 3.8) is 0 Å². The van der Waals surface area contributed by atoms with Crippen LogP contribution < -0.4 is 10.0 Å². The summed E-state index contributed by atoms with van der Waals surface area (Å²) in [6.45, 7) is 2.41. The van der Waals surface area contributed by atoms with Gasteiger partial charge in [-0.1, -0.05) is 12.1 Å². The molecular weight excluding hydrogens is 419 g/mol. The van der Waals surface area contributed by atoms with Crippen molar-refractivity contribution in [3.8, 4) is 28.1 Å². The minimum Gasteiger partial charge on any atom is -0.494 e. The maximum atomic E-state index is 15.2. The van der Waals surface area contributed by atoms with E-state index in [-0.39, 0.29) is 27.7 Å². The molecule has 156 valence electrons. The molecule has 0 aliphatic rings. The molecule has 31 heavy (non-hydrogen) atoms. The smallest absolute Gasteiger partial charge is 0.336 e. The van der Waals surface area contributed by atoms with Gasteiger partial charge < -0.3 is 9.84 Å². The Morgan fingerprint density at radius 1 is 1.06 bits per heavy atom. The van der Waals surface area contributed by atoms with Crippen LogP contribution >= 0.6 is 9.24 Å². The van der Waals surface area contributed by atoms with Crippen molar-refractivity contribution in [2.45, 2.75) is 6.92 Å². The molecule has 0 fully saturated rings. The Bertz CT molecular complexity index is 1320. The number of hydrogen-bond acceptors (Lipinski definition) is 3. The molecule has 0 aliphatic carbocycles. The summed E-state index contributed by atoms with van der Waals surface area (Å²) < 4.78 is 34.3. The molecule has 0 bridgehead atoms. The zero-order chi connectivity index (χ0) is 22.1. The molecule has 0 saturated heterocycles. The van der Waals surface area contributed by atoms with Crippen LogP contribution in [0.1, 0.15) is 17.3 Å². The van der Waals surface area contributed by atoms with Crippen molar-refractivity contribution >= 4 is 31.4 Å². The number of hydrogen-bond donors (Lipinski definition) is 1. The first-order valence-corrected chi connectivity index (χ1v) is 10.1. The molecule has 1 heterocycles. The molecule has 0 spiro atoms. The van der Waals surface area contributed by atoms with Crippen molar-refractivity contribution < 1.29 is 23.4 Å². The SMILES string of the molecule is CCOc1cccc(-c2cc(F)c(-c3cc(C(=O)O)c4cc(F)ccc4n3)cc2P)c1. The van der Waals surface area contributed by atoms with Crippen LogP contribution in [0.2, 0.25) is 0 Å². The van der Waals surface area contributed by atoms with Crippen molar-refractivity contribution in [3.05, 3.63) is 77.9 Å². The van der Waals surface area contributed by atoms with Gasteiger partial charge in [0.15, 0.2) is 0 Å². The van der Waals surface area contributed by atoms with Gasteiger partial charge in [-0.3, -0.25) is 0 Å². The number of ether oxygens (including phenoxy) is 1. The molecule has 0 saturated carbocycles. The molecule has 4 aromatic rings. The molecule has 3 aromatic carbocycles. The summed E-state index contributed by atoms with van der Waals surface area (Å²) in [5.74, 6) is -1.67. The lowest BCUT2D eigenvalue weighted by atomic mass is 9.99. The van der Waals surface area contributed by atoms with Gasteiger partial charge in [-0.05, 0) is 71.9 Å². The highest BCUT2D eigenvalue weighted by Crippen LogP contribution is 2.31. The van der Waals surface area contributed by atoms with Gasteiger partial charge in [0.25, 0.3) is 0 Å². The summed E-state index contributed by atoms with van der Waals surface area (Å²) in [6, 6.07) is 15.3. The second kappa shape index (κ2) is 8.40. The second-order valence-corrected chi connectivity index (χ2v) is 7.52. The molecule has 1 unspecified atom stereocenters. The van der Waals surface area contributed by atoms with Crippen LogP contribution in [-0.2, 0) is 0 Å².